The molecule has 2 aromatic rings. The van der Waals surface area contributed by atoms with Crippen LogP contribution in [0.5, 0.6) is 5.75 Å². The number of hydrogen-bond donors (Lipinski definition) is 1. The van der Waals surface area contributed by atoms with Crippen molar-refractivity contribution in [3.8, 4) is 5.75 Å². The summed E-state index contributed by atoms with van der Waals surface area (Å²) < 4.78 is 40.4. The molecule has 29 heavy (non-hydrogen) atoms. The second-order valence-corrected chi connectivity index (χ2v) is 7.64. The third-order valence-electron chi connectivity index (χ3n) is 4.94. The summed E-state index contributed by atoms with van der Waals surface area (Å²) in [4.78, 5) is 27.5. The molecule has 4 rings (SSSR count). The molecule has 8 nitrogen and oxygen atoms in total. The van der Waals surface area contributed by atoms with Gasteiger partial charge < -0.3 is 19.9 Å². The van der Waals surface area contributed by atoms with E-state index < -0.39 is 11.6 Å². The van der Waals surface area contributed by atoms with E-state index in [2.05, 4.69) is 14.1 Å². The molecule has 11 heteroatoms. The van der Waals surface area contributed by atoms with Crippen LogP contribution in [0.4, 0.5) is 14.6 Å². The van der Waals surface area contributed by atoms with Crippen LogP contribution in [0.25, 0.3) is 0 Å². The molecule has 3 heterocycles. The highest BCUT2D eigenvalue weighted by atomic mass is 32.1. The van der Waals surface area contributed by atoms with E-state index in [1.807, 2.05) is 4.90 Å². The van der Waals surface area contributed by atoms with Crippen LogP contribution in [0.3, 0.4) is 0 Å². The maximum absolute atomic E-state index is 13.3. The van der Waals surface area contributed by atoms with Crippen LogP contribution in [-0.2, 0) is 4.79 Å². The molecule has 0 bridgehead atoms. The third kappa shape index (κ3) is 4.29. The lowest BCUT2D eigenvalue weighted by Gasteiger charge is -2.39. The second-order valence-electron chi connectivity index (χ2n) is 7.11. The highest BCUT2D eigenvalue weighted by Crippen LogP contribution is 2.27. The van der Waals surface area contributed by atoms with E-state index in [0.717, 1.165) is 29.9 Å². The monoisotopic (exact) mass is 423 g/mol. The third-order valence-corrected chi connectivity index (χ3v) is 5.46. The number of hydrogen-bond acceptors (Lipinski definition) is 7. The Labute approximate surface area is 169 Å². The fourth-order valence-electron chi connectivity index (χ4n) is 3.43. The Morgan fingerprint density at radius 2 is 1.90 bits per heavy atom. The number of anilines is 1. The molecular weight excluding hydrogens is 404 g/mol. The zero-order valence-electron chi connectivity index (χ0n) is 15.6. The number of carbonyl (C=O) groups is 2. The molecule has 2 aliphatic rings. The van der Waals surface area contributed by atoms with Gasteiger partial charge in [-0.25, -0.2) is 8.78 Å². The van der Waals surface area contributed by atoms with Crippen LogP contribution in [0, 0.1) is 11.6 Å². The largest absolute Gasteiger partial charge is 0.487 e. The first-order valence-electron chi connectivity index (χ1n) is 9.15. The van der Waals surface area contributed by atoms with E-state index in [9.17, 15) is 18.4 Å². The minimum absolute atomic E-state index is 0.0115. The number of likely N-dealkylation sites (tertiary alicyclic amines) is 1. The summed E-state index contributed by atoms with van der Waals surface area (Å²) in [6.07, 6.45) is 0.426. The first-order chi connectivity index (χ1) is 13.9. The predicted molar refractivity (Wildman–Crippen MR) is 101 cm³/mol. The van der Waals surface area contributed by atoms with Crippen molar-refractivity contribution in [3.63, 3.8) is 0 Å². The fourth-order valence-corrected chi connectivity index (χ4v) is 3.99. The van der Waals surface area contributed by atoms with Crippen molar-refractivity contribution < 1.29 is 23.1 Å². The summed E-state index contributed by atoms with van der Waals surface area (Å²) in [5.41, 5.74) is 0.228. The van der Waals surface area contributed by atoms with Gasteiger partial charge in [-0.05, 0) is 6.42 Å². The van der Waals surface area contributed by atoms with Crippen LogP contribution < -0.4 is 15.0 Å². The van der Waals surface area contributed by atoms with E-state index in [1.165, 1.54) is 6.92 Å². The number of amides is 2. The first kappa shape index (κ1) is 19.5. The number of aromatic nitrogens is 2. The number of benzene rings is 1. The van der Waals surface area contributed by atoms with Crippen molar-refractivity contribution in [2.24, 2.45) is 0 Å². The summed E-state index contributed by atoms with van der Waals surface area (Å²) in [6.45, 7) is 3.45. The highest BCUT2D eigenvalue weighted by molar-refractivity contribution is 6.99. The Hall–Kier alpha value is -2.82. The predicted octanol–water partition coefficient (Wildman–Crippen LogP) is 1.43. The molecule has 2 saturated heterocycles. The molecule has 0 aliphatic carbocycles. The average Bonchev–Trinajstić information content (AvgIpc) is 3.26. The van der Waals surface area contributed by atoms with E-state index in [4.69, 9.17) is 4.74 Å². The summed E-state index contributed by atoms with van der Waals surface area (Å²) in [5.74, 6) is -1.16. The van der Waals surface area contributed by atoms with Gasteiger partial charge in [0.05, 0.1) is 24.8 Å². The summed E-state index contributed by atoms with van der Waals surface area (Å²) >= 11 is 0.938. The summed E-state index contributed by atoms with van der Waals surface area (Å²) in [6, 6.07) is 2.92. The quantitative estimate of drug-likeness (QED) is 0.783. The van der Waals surface area contributed by atoms with Gasteiger partial charge >= 0.3 is 0 Å². The number of carbonyl (C=O) groups excluding carboxylic acids is 2. The van der Waals surface area contributed by atoms with Crippen molar-refractivity contribution >= 4 is 29.4 Å². The minimum atomic E-state index is -0.700. The number of ether oxygens (including phenoxy) is 1. The maximum Gasteiger partial charge on any atom is 0.275 e. The lowest BCUT2D eigenvalue weighted by atomic mass is 10.1. The number of nitrogens with zero attached hydrogens (tertiary/aromatic N) is 4. The van der Waals surface area contributed by atoms with Gasteiger partial charge in [0.15, 0.2) is 11.5 Å². The number of halogens is 2. The van der Waals surface area contributed by atoms with Crippen LogP contribution in [-0.4, -0.2) is 63.8 Å². The zero-order valence-corrected chi connectivity index (χ0v) is 16.4. The number of rotatable bonds is 5. The SMILES string of the molecule is CC(=O)N1CC[C@H](NC(=O)c2nsnc2N2CC(Oc3cc(F)cc(F)c3)C2)C1. The fraction of sp³-hybridized carbons (Fsp3) is 0.444. The smallest absolute Gasteiger partial charge is 0.275 e. The Balaban J connectivity index is 1.33. The van der Waals surface area contributed by atoms with Gasteiger partial charge in [-0.15, -0.1) is 0 Å². The van der Waals surface area contributed by atoms with E-state index in [-0.39, 0.29) is 35.4 Å². The lowest BCUT2D eigenvalue weighted by Crippen LogP contribution is -2.54. The van der Waals surface area contributed by atoms with E-state index in [1.54, 1.807) is 4.90 Å². The normalized spacial score (nSPS) is 19.2. The van der Waals surface area contributed by atoms with Gasteiger partial charge in [-0.2, -0.15) is 8.75 Å². The highest BCUT2D eigenvalue weighted by Gasteiger charge is 2.35. The molecule has 0 unspecified atom stereocenters. The Bertz CT molecular complexity index is 914. The molecule has 1 atom stereocenters. The second kappa shape index (κ2) is 7.90. The maximum atomic E-state index is 13.3. The zero-order chi connectivity index (χ0) is 20.5. The van der Waals surface area contributed by atoms with Crippen molar-refractivity contribution in [2.75, 3.05) is 31.1 Å². The van der Waals surface area contributed by atoms with Crippen molar-refractivity contribution in [1.29, 1.82) is 0 Å². The molecule has 1 aromatic heterocycles. The topological polar surface area (TPSA) is 87.7 Å². The van der Waals surface area contributed by atoms with Crippen LogP contribution in [0.2, 0.25) is 0 Å². The summed E-state index contributed by atoms with van der Waals surface area (Å²) in [7, 11) is 0. The number of nitrogens with one attached hydrogen (secondary N) is 1. The molecule has 0 saturated carbocycles. The van der Waals surface area contributed by atoms with Crippen LogP contribution in [0.15, 0.2) is 18.2 Å². The molecule has 0 spiro atoms. The molecule has 2 aliphatic heterocycles. The Morgan fingerprint density at radius 3 is 2.55 bits per heavy atom. The standard InChI is InChI=1S/C18H19F2N5O3S/c1-10(26)24-3-2-13(7-24)21-18(27)16-17(23-29-22-16)25-8-15(9-25)28-14-5-11(19)4-12(20)6-14/h4-6,13,15H,2-3,7-9H2,1H3,(H,21,27)/t13-/m0/s1. The van der Waals surface area contributed by atoms with Crippen molar-refractivity contribution in [3.05, 3.63) is 35.5 Å². The van der Waals surface area contributed by atoms with Gasteiger partial charge in [0, 0.05) is 44.3 Å². The lowest BCUT2D eigenvalue weighted by molar-refractivity contribution is -0.127. The van der Waals surface area contributed by atoms with Crippen LogP contribution >= 0.6 is 11.7 Å². The molecule has 1 N–H and O–H groups in total. The van der Waals surface area contributed by atoms with E-state index in [0.29, 0.717) is 38.4 Å². The molecule has 154 valence electrons. The van der Waals surface area contributed by atoms with Crippen molar-refractivity contribution in [2.45, 2.75) is 25.5 Å². The van der Waals surface area contributed by atoms with Gasteiger partial charge in [0.25, 0.3) is 5.91 Å². The molecule has 2 fully saturated rings. The molecule has 1 aromatic carbocycles. The molecular formula is C18H19F2N5O3S. The van der Waals surface area contributed by atoms with Gasteiger partial charge in [-0.3, -0.25) is 9.59 Å². The van der Waals surface area contributed by atoms with E-state index >= 15 is 0 Å². The van der Waals surface area contributed by atoms with Crippen LogP contribution in [0.1, 0.15) is 23.8 Å². The van der Waals surface area contributed by atoms with Gasteiger partial charge in [-0.1, -0.05) is 0 Å². The Kier molecular flexibility index (Phi) is 5.31. The van der Waals surface area contributed by atoms with Crippen molar-refractivity contribution in [1.82, 2.24) is 19.0 Å². The molecule has 2 amide bonds. The minimum Gasteiger partial charge on any atom is -0.487 e. The van der Waals surface area contributed by atoms with Gasteiger partial charge in [0.1, 0.15) is 23.5 Å². The van der Waals surface area contributed by atoms with Gasteiger partial charge in [0.2, 0.25) is 5.91 Å². The Morgan fingerprint density at radius 1 is 1.17 bits per heavy atom. The summed E-state index contributed by atoms with van der Waals surface area (Å²) in [5, 5.41) is 2.90. The molecule has 0 radical (unpaired) electrons. The first-order valence-corrected chi connectivity index (χ1v) is 9.88. The average molecular weight is 423 g/mol.